The van der Waals surface area contributed by atoms with Crippen LogP contribution in [0.2, 0.25) is 0 Å². The molecule has 0 saturated heterocycles. The number of nitrogen functional groups attached to an aromatic ring is 1. The summed E-state index contributed by atoms with van der Waals surface area (Å²) in [5, 5.41) is 0. The fraction of sp³-hybridized carbons (Fsp3) is 0.444. The van der Waals surface area contributed by atoms with Crippen molar-refractivity contribution in [3.8, 4) is 0 Å². The highest BCUT2D eigenvalue weighted by Crippen LogP contribution is 2.12. The summed E-state index contributed by atoms with van der Waals surface area (Å²) in [5.74, 6) is 0.324. The zero-order valence-corrected chi connectivity index (χ0v) is 9.35. The van der Waals surface area contributed by atoms with E-state index in [0.717, 1.165) is 0 Å². The number of aromatic nitrogens is 4. The lowest BCUT2D eigenvalue weighted by molar-refractivity contribution is 0.791. The van der Waals surface area contributed by atoms with Crippen molar-refractivity contribution in [3.63, 3.8) is 0 Å². The molecule has 0 fully saturated rings. The van der Waals surface area contributed by atoms with Gasteiger partial charge in [0.15, 0.2) is 11.5 Å². The third-order valence-corrected chi connectivity index (χ3v) is 2.06. The quantitative estimate of drug-likeness (QED) is 0.675. The molecule has 2 N–H and O–H groups in total. The molecule has 2 rings (SSSR count). The van der Waals surface area contributed by atoms with Gasteiger partial charge in [-0.3, -0.25) is 9.13 Å². The normalized spacial score (nSPS) is 9.87. The minimum absolute atomic E-state index is 0.151. The second-order valence-electron chi connectivity index (χ2n) is 2.83. The average Bonchev–Trinajstić information content (AvgIpc) is 2.48. The number of rotatable bonds is 0. The Morgan fingerprint density at radius 3 is 2.33 bits per heavy atom. The van der Waals surface area contributed by atoms with Crippen LogP contribution in [-0.4, -0.2) is 19.1 Å². The third kappa shape index (κ3) is 1.58. The fourth-order valence-electron chi connectivity index (χ4n) is 1.36. The van der Waals surface area contributed by atoms with Crippen LogP contribution in [0.1, 0.15) is 13.8 Å². The van der Waals surface area contributed by atoms with Crippen LogP contribution < -0.4 is 11.4 Å². The van der Waals surface area contributed by atoms with Crippen molar-refractivity contribution in [2.24, 2.45) is 14.1 Å². The van der Waals surface area contributed by atoms with Crippen molar-refractivity contribution < 1.29 is 0 Å². The van der Waals surface area contributed by atoms with E-state index < -0.39 is 0 Å². The highest BCUT2D eigenvalue weighted by Gasteiger charge is 2.11. The molecule has 0 aliphatic carbocycles. The molecular formula is C9H15N5O. The summed E-state index contributed by atoms with van der Waals surface area (Å²) in [6.07, 6.45) is 1.34. The lowest BCUT2D eigenvalue weighted by Gasteiger charge is -1.95. The summed E-state index contributed by atoms with van der Waals surface area (Å²) in [5.41, 5.74) is 6.60. The number of aryl methyl sites for hydroxylation is 2. The van der Waals surface area contributed by atoms with Crippen molar-refractivity contribution in [2.45, 2.75) is 13.8 Å². The molecule has 0 amide bonds. The van der Waals surface area contributed by atoms with E-state index in [1.165, 1.54) is 15.5 Å². The first-order valence-corrected chi connectivity index (χ1v) is 4.75. The predicted molar refractivity (Wildman–Crippen MR) is 59.5 cm³/mol. The van der Waals surface area contributed by atoms with Gasteiger partial charge in [-0.25, -0.2) is 14.8 Å². The molecule has 0 aromatic carbocycles. The zero-order chi connectivity index (χ0) is 11.6. The molecule has 0 aliphatic rings. The number of fused-ring (bicyclic) bond motifs is 1. The Morgan fingerprint density at radius 2 is 1.80 bits per heavy atom. The van der Waals surface area contributed by atoms with Crippen LogP contribution in [0.5, 0.6) is 0 Å². The number of imidazole rings is 1. The summed E-state index contributed by atoms with van der Waals surface area (Å²) in [7, 11) is 3.29. The van der Waals surface area contributed by atoms with E-state index in [1.807, 2.05) is 13.8 Å². The van der Waals surface area contributed by atoms with E-state index in [0.29, 0.717) is 17.0 Å². The smallest absolute Gasteiger partial charge is 0.329 e. The third-order valence-electron chi connectivity index (χ3n) is 2.06. The van der Waals surface area contributed by atoms with Gasteiger partial charge < -0.3 is 5.73 Å². The van der Waals surface area contributed by atoms with Crippen LogP contribution in [0.25, 0.3) is 11.2 Å². The van der Waals surface area contributed by atoms with Gasteiger partial charge in [0.05, 0.1) is 0 Å². The van der Waals surface area contributed by atoms with Crippen molar-refractivity contribution in [2.75, 3.05) is 5.73 Å². The highest BCUT2D eigenvalue weighted by molar-refractivity contribution is 5.81. The average molecular weight is 209 g/mol. The maximum absolute atomic E-state index is 11.4. The van der Waals surface area contributed by atoms with Crippen LogP contribution >= 0.6 is 0 Å². The zero-order valence-electron chi connectivity index (χ0n) is 9.35. The summed E-state index contributed by atoms with van der Waals surface area (Å²) >= 11 is 0. The van der Waals surface area contributed by atoms with Crippen LogP contribution in [-0.2, 0) is 14.1 Å². The standard InChI is InChI=1S/C7H9N5O.C2H6/c1-11-4-5(8)9-3-10-6(4)12(2)7(11)13;1-2/h3H,1-2H3,(H2,8,9,10);1-2H3. The van der Waals surface area contributed by atoms with Crippen molar-refractivity contribution >= 4 is 17.0 Å². The lowest BCUT2D eigenvalue weighted by atomic mass is 10.5. The molecule has 0 unspecified atom stereocenters. The van der Waals surface area contributed by atoms with E-state index in [-0.39, 0.29) is 5.69 Å². The second-order valence-corrected chi connectivity index (χ2v) is 2.83. The molecule has 2 heterocycles. The Balaban J connectivity index is 0.000000531. The van der Waals surface area contributed by atoms with Crippen LogP contribution in [0, 0.1) is 0 Å². The van der Waals surface area contributed by atoms with Gasteiger partial charge in [0, 0.05) is 14.1 Å². The molecule has 6 nitrogen and oxygen atoms in total. The Morgan fingerprint density at radius 1 is 1.20 bits per heavy atom. The van der Waals surface area contributed by atoms with E-state index >= 15 is 0 Å². The minimum atomic E-state index is -0.151. The summed E-state index contributed by atoms with van der Waals surface area (Å²) in [6.45, 7) is 4.00. The Hall–Kier alpha value is -1.85. The predicted octanol–water partition coefficient (Wildman–Crippen LogP) is 0.275. The maximum Gasteiger partial charge on any atom is 0.329 e. The van der Waals surface area contributed by atoms with Crippen molar-refractivity contribution in [1.29, 1.82) is 0 Å². The molecule has 82 valence electrons. The van der Waals surface area contributed by atoms with E-state index in [2.05, 4.69) is 9.97 Å². The molecule has 0 aliphatic heterocycles. The van der Waals surface area contributed by atoms with Gasteiger partial charge in [-0.1, -0.05) is 13.8 Å². The highest BCUT2D eigenvalue weighted by atomic mass is 16.1. The first-order valence-electron chi connectivity index (χ1n) is 4.75. The minimum Gasteiger partial charge on any atom is -0.382 e. The SMILES string of the molecule is CC.Cn1c(=O)n(C)c2c(N)ncnc21. The number of hydrogen-bond donors (Lipinski definition) is 1. The molecule has 0 spiro atoms. The summed E-state index contributed by atoms with van der Waals surface area (Å²) in [4.78, 5) is 19.2. The van der Waals surface area contributed by atoms with Crippen molar-refractivity contribution in [3.05, 3.63) is 16.8 Å². The number of hydrogen-bond acceptors (Lipinski definition) is 4. The Bertz CT molecular complexity index is 525. The van der Waals surface area contributed by atoms with Gasteiger partial charge >= 0.3 is 5.69 Å². The fourth-order valence-corrected chi connectivity index (χ4v) is 1.36. The molecule has 2 aromatic rings. The first kappa shape index (κ1) is 11.2. The molecular weight excluding hydrogens is 194 g/mol. The summed E-state index contributed by atoms with van der Waals surface area (Å²) < 4.78 is 2.87. The largest absolute Gasteiger partial charge is 0.382 e. The summed E-state index contributed by atoms with van der Waals surface area (Å²) in [6, 6.07) is 0. The number of anilines is 1. The number of nitrogens with zero attached hydrogens (tertiary/aromatic N) is 4. The van der Waals surface area contributed by atoms with Crippen LogP contribution in [0.4, 0.5) is 5.82 Å². The first-order chi connectivity index (χ1) is 7.13. The second kappa shape index (κ2) is 4.12. The van der Waals surface area contributed by atoms with Crippen LogP contribution in [0.3, 0.4) is 0 Å². The topological polar surface area (TPSA) is 78.7 Å². The molecule has 0 saturated carbocycles. The van der Waals surface area contributed by atoms with E-state index in [4.69, 9.17) is 5.73 Å². The Labute approximate surface area is 87.4 Å². The molecule has 15 heavy (non-hydrogen) atoms. The van der Waals surface area contributed by atoms with Gasteiger partial charge in [0.2, 0.25) is 0 Å². The number of nitrogens with two attached hydrogens (primary N) is 1. The lowest BCUT2D eigenvalue weighted by Crippen LogP contribution is -2.19. The molecule has 0 bridgehead atoms. The van der Waals surface area contributed by atoms with Crippen molar-refractivity contribution in [1.82, 2.24) is 19.1 Å². The van der Waals surface area contributed by atoms with Gasteiger partial charge in [-0.05, 0) is 0 Å². The van der Waals surface area contributed by atoms with Gasteiger partial charge in [0.25, 0.3) is 0 Å². The van der Waals surface area contributed by atoms with Gasteiger partial charge in [0.1, 0.15) is 11.8 Å². The van der Waals surface area contributed by atoms with E-state index in [1.54, 1.807) is 14.1 Å². The molecule has 6 heteroatoms. The monoisotopic (exact) mass is 209 g/mol. The van der Waals surface area contributed by atoms with E-state index in [9.17, 15) is 4.79 Å². The Kier molecular flexibility index (Phi) is 3.08. The molecule has 0 radical (unpaired) electrons. The van der Waals surface area contributed by atoms with Gasteiger partial charge in [-0.2, -0.15) is 0 Å². The van der Waals surface area contributed by atoms with Crippen LogP contribution in [0.15, 0.2) is 11.1 Å². The van der Waals surface area contributed by atoms with Gasteiger partial charge in [-0.15, -0.1) is 0 Å². The molecule has 0 atom stereocenters. The molecule has 2 aromatic heterocycles. The maximum atomic E-state index is 11.4.